The van der Waals surface area contributed by atoms with E-state index in [4.69, 9.17) is 18.9 Å². The molecule has 0 aromatic rings. The SMILES string of the molecule is C=C1CC(CC(C)C)CC=C1CCC(OC)OC.COC(CCC1=C(C)CC(CC(C)C)CC1O)OC.[V]. The van der Waals surface area contributed by atoms with Crippen LogP contribution in [0.2, 0.25) is 0 Å². The Morgan fingerprint density at radius 3 is 1.79 bits per heavy atom. The molecule has 0 bridgehead atoms. The van der Waals surface area contributed by atoms with Gasteiger partial charge >= 0.3 is 0 Å². The van der Waals surface area contributed by atoms with Gasteiger partial charge < -0.3 is 24.1 Å². The number of hydrogen-bond donors (Lipinski definition) is 1. The fourth-order valence-electron chi connectivity index (χ4n) is 5.97. The Morgan fingerprint density at radius 2 is 1.34 bits per heavy atom. The van der Waals surface area contributed by atoms with Crippen molar-refractivity contribution < 1.29 is 42.6 Å². The van der Waals surface area contributed by atoms with E-state index in [1.54, 1.807) is 28.4 Å². The van der Waals surface area contributed by atoms with Crippen molar-refractivity contribution >= 4 is 0 Å². The zero-order valence-corrected chi connectivity index (χ0v) is 27.3. The van der Waals surface area contributed by atoms with E-state index in [2.05, 4.69) is 47.3 Å². The van der Waals surface area contributed by atoms with Gasteiger partial charge in [-0.1, -0.05) is 51.5 Å². The molecule has 0 aliphatic heterocycles. The minimum absolute atomic E-state index is 0. The zero-order valence-electron chi connectivity index (χ0n) is 25.9. The molecule has 221 valence electrons. The van der Waals surface area contributed by atoms with Gasteiger partial charge in [0.1, 0.15) is 0 Å². The molecule has 2 rings (SSSR count). The van der Waals surface area contributed by atoms with E-state index in [9.17, 15) is 5.11 Å². The molecule has 1 N–H and O–H groups in total. The molecule has 0 fully saturated rings. The van der Waals surface area contributed by atoms with Crippen LogP contribution in [-0.2, 0) is 37.5 Å². The molecule has 0 saturated carbocycles. The van der Waals surface area contributed by atoms with Gasteiger partial charge in [-0.15, -0.1) is 0 Å². The molecule has 3 unspecified atom stereocenters. The summed E-state index contributed by atoms with van der Waals surface area (Å²) < 4.78 is 20.9. The number of methoxy groups -OCH3 is 4. The third-order valence-corrected chi connectivity index (χ3v) is 7.75. The van der Waals surface area contributed by atoms with E-state index >= 15 is 0 Å². The maximum Gasteiger partial charge on any atom is 0.157 e. The van der Waals surface area contributed by atoms with Crippen LogP contribution in [0.1, 0.15) is 98.8 Å². The van der Waals surface area contributed by atoms with E-state index in [0.717, 1.165) is 56.8 Å². The van der Waals surface area contributed by atoms with E-state index in [1.807, 2.05) is 0 Å². The van der Waals surface area contributed by atoms with Gasteiger partial charge in [-0.25, -0.2) is 0 Å². The predicted octanol–water partition coefficient (Wildman–Crippen LogP) is 7.84. The van der Waals surface area contributed by atoms with Gasteiger partial charge in [0.15, 0.2) is 12.6 Å². The van der Waals surface area contributed by atoms with Gasteiger partial charge in [0.25, 0.3) is 0 Å². The smallest absolute Gasteiger partial charge is 0.157 e. The number of aliphatic hydroxyl groups excluding tert-OH is 1. The number of allylic oxidation sites excluding steroid dienone is 4. The van der Waals surface area contributed by atoms with Gasteiger partial charge in [-0.2, -0.15) is 0 Å². The Bertz CT molecular complexity index is 707. The summed E-state index contributed by atoms with van der Waals surface area (Å²) in [4.78, 5) is 0. The van der Waals surface area contributed by atoms with Crippen molar-refractivity contribution in [1.29, 1.82) is 0 Å². The van der Waals surface area contributed by atoms with Gasteiger partial charge in [-0.3, -0.25) is 0 Å². The first-order valence-electron chi connectivity index (χ1n) is 14.4. The molecule has 3 atom stereocenters. The Hall–Kier alpha value is -0.396. The summed E-state index contributed by atoms with van der Waals surface area (Å²) >= 11 is 0. The van der Waals surface area contributed by atoms with Crippen LogP contribution in [0.15, 0.2) is 34.9 Å². The predicted molar refractivity (Wildman–Crippen MR) is 154 cm³/mol. The third-order valence-electron chi connectivity index (χ3n) is 7.75. The van der Waals surface area contributed by atoms with E-state index in [1.165, 1.54) is 41.6 Å². The van der Waals surface area contributed by atoms with Gasteiger partial charge in [0, 0.05) is 59.8 Å². The van der Waals surface area contributed by atoms with E-state index in [-0.39, 0.29) is 37.2 Å². The molecule has 2 aliphatic rings. The normalized spacial score (nSPS) is 22.1. The van der Waals surface area contributed by atoms with Crippen molar-refractivity contribution in [3.05, 3.63) is 34.9 Å². The van der Waals surface area contributed by atoms with Crippen molar-refractivity contribution in [2.75, 3.05) is 28.4 Å². The molecule has 5 nitrogen and oxygen atoms in total. The van der Waals surface area contributed by atoms with Gasteiger partial charge in [0.2, 0.25) is 0 Å². The largest absolute Gasteiger partial charge is 0.389 e. The second-order valence-corrected chi connectivity index (χ2v) is 11.9. The van der Waals surface area contributed by atoms with Crippen LogP contribution >= 0.6 is 0 Å². The van der Waals surface area contributed by atoms with Crippen LogP contribution in [-0.4, -0.2) is 52.2 Å². The first-order valence-corrected chi connectivity index (χ1v) is 14.4. The second-order valence-electron chi connectivity index (χ2n) is 11.9. The van der Waals surface area contributed by atoms with E-state index in [0.29, 0.717) is 11.8 Å². The van der Waals surface area contributed by atoms with Gasteiger partial charge in [-0.05, 0) is 93.1 Å². The van der Waals surface area contributed by atoms with Crippen molar-refractivity contribution in [3.63, 3.8) is 0 Å². The minimum atomic E-state index is -0.271. The summed E-state index contributed by atoms with van der Waals surface area (Å²) in [7, 11) is 6.70. The number of rotatable bonds is 14. The monoisotopic (exact) mass is 573 g/mol. The quantitative estimate of drug-likeness (QED) is 0.169. The Labute approximate surface area is 246 Å². The van der Waals surface area contributed by atoms with Crippen LogP contribution in [0, 0.1) is 23.7 Å². The summed E-state index contributed by atoms with van der Waals surface area (Å²) in [5.41, 5.74) is 5.31. The van der Waals surface area contributed by atoms with E-state index < -0.39 is 0 Å². The molecule has 0 aromatic heterocycles. The molecular weight excluding hydrogens is 515 g/mol. The van der Waals surface area contributed by atoms with Crippen molar-refractivity contribution in [3.8, 4) is 0 Å². The summed E-state index contributed by atoms with van der Waals surface area (Å²) in [6.45, 7) is 15.5. The molecule has 0 amide bonds. The topological polar surface area (TPSA) is 57.2 Å². The van der Waals surface area contributed by atoms with Crippen LogP contribution in [0.25, 0.3) is 0 Å². The molecular formula is C32H58O5V. The minimum Gasteiger partial charge on any atom is -0.389 e. The van der Waals surface area contributed by atoms with Crippen molar-refractivity contribution in [2.45, 2.75) is 118 Å². The maximum atomic E-state index is 10.3. The molecule has 0 saturated heterocycles. The molecule has 38 heavy (non-hydrogen) atoms. The number of ether oxygens (including phenoxy) is 4. The third kappa shape index (κ3) is 14.3. The summed E-state index contributed by atoms with van der Waals surface area (Å²) in [6.07, 6.45) is 12.4. The maximum absolute atomic E-state index is 10.3. The second kappa shape index (κ2) is 20.5. The fraction of sp³-hybridized carbons (Fsp3) is 0.812. The summed E-state index contributed by atoms with van der Waals surface area (Å²) in [5.74, 6) is 2.92. The average molecular weight is 574 g/mol. The van der Waals surface area contributed by atoms with Crippen molar-refractivity contribution in [2.24, 2.45) is 23.7 Å². The van der Waals surface area contributed by atoms with Crippen LogP contribution in [0.5, 0.6) is 0 Å². The summed E-state index contributed by atoms with van der Waals surface area (Å²) in [5, 5.41) is 10.3. The Balaban J connectivity index is 0.000000703. The Morgan fingerprint density at radius 1 is 0.842 bits per heavy atom. The van der Waals surface area contributed by atoms with Crippen LogP contribution in [0.4, 0.5) is 0 Å². The number of hydrogen-bond acceptors (Lipinski definition) is 5. The van der Waals surface area contributed by atoms with Crippen LogP contribution in [0.3, 0.4) is 0 Å². The van der Waals surface area contributed by atoms with Crippen LogP contribution < -0.4 is 0 Å². The Kier molecular flexibility index (Phi) is 20.3. The molecule has 2 aliphatic carbocycles. The number of aliphatic hydroxyl groups is 1. The summed E-state index contributed by atoms with van der Waals surface area (Å²) in [6, 6.07) is 0. The van der Waals surface area contributed by atoms with Gasteiger partial charge in [0.05, 0.1) is 6.10 Å². The zero-order chi connectivity index (χ0) is 28.0. The molecule has 1 radical (unpaired) electrons. The fourth-order valence-corrected chi connectivity index (χ4v) is 5.97. The standard InChI is InChI=1S/C16H30O3.C16H28O2.V/c1-11(2)8-13-9-12(3)14(15(17)10-13)6-7-16(18-4)19-5;1-12(2)10-14-6-7-15(13(3)11-14)8-9-16(17-4)18-5;/h11,13,15-17H,6-10H2,1-5H3;7,12,14,16H,3,6,8-11H2,1-2,4-5H3;. The molecule has 6 heteroatoms. The average Bonchev–Trinajstić information content (AvgIpc) is 2.82. The molecule has 0 heterocycles. The van der Waals surface area contributed by atoms with Crippen molar-refractivity contribution in [1.82, 2.24) is 0 Å². The molecule has 0 spiro atoms. The first-order chi connectivity index (χ1) is 17.5. The molecule has 0 aromatic carbocycles. The first kappa shape index (κ1) is 37.6.